The van der Waals surface area contributed by atoms with Gasteiger partial charge in [0.25, 0.3) is 0 Å². The molecule has 7 heteroatoms. The van der Waals surface area contributed by atoms with E-state index >= 15 is 0 Å². The molecule has 7 nitrogen and oxygen atoms in total. The maximum atomic E-state index is 12.2. The van der Waals surface area contributed by atoms with Crippen molar-refractivity contribution in [2.75, 3.05) is 12.4 Å². The van der Waals surface area contributed by atoms with Gasteiger partial charge in [0.15, 0.2) is 11.5 Å². The molecule has 2 rings (SSSR count). The summed E-state index contributed by atoms with van der Waals surface area (Å²) in [5.74, 6) is -1.37. The van der Waals surface area contributed by atoms with Gasteiger partial charge in [0, 0.05) is 5.69 Å². The second-order valence-corrected chi connectivity index (χ2v) is 5.74. The second kappa shape index (κ2) is 9.38. The summed E-state index contributed by atoms with van der Waals surface area (Å²) in [4.78, 5) is 24.2. The molecule has 27 heavy (non-hydrogen) atoms. The molecule has 2 aromatic carbocycles. The normalized spacial score (nSPS) is 10.6. The number of carbonyl (C=O) groups is 2. The number of nitrogens with one attached hydrogen (secondary N) is 2. The molecule has 0 bridgehead atoms. The van der Waals surface area contributed by atoms with E-state index in [1.807, 2.05) is 32.0 Å². The van der Waals surface area contributed by atoms with Gasteiger partial charge in [0.2, 0.25) is 0 Å². The summed E-state index contributed by atoms with van der Waals surface area (Å²) in [5.41, 5.74) is 5.40. The fourth-order valence-electron chi connectivity index (χ4n) is 2.56. The number of methoxy groups -OCH3 is 1. The highest BCUT2D eigenvalue weighted by molar-refractivity contribution is 6.39. The lowest BCUT2D eigenvalue weighted by Crippen LogP contribution is -2.33. The minimum Gasteiger partial charge on any atom is -0.504 e. The van der Waals surface area contributed by atoms with Crippen LogP contribution in [0.15, 0.2) is 41.5 Å². The van der Waals surface area contributed by atoms with Gasteiger partial charge in [-0.1, -0.05) is 32.0 Å². The Hall–Kier alpha value is -3.35. The Balaban J connectivity index is 2.03. The number of anilines is 1. The topological polar surface area (TPSA) is 100 Å². The second-order valence-electron chi connectivity index (χ2n) is 5.74. The van der Waals surface area contributed by atoms with Crippen molar-refractivity contribution in [3.05, 3.63) is 53.1 Å². The lowest BCUT2D eigenvalue weighted by Gasteiger charge is -2.13. The van der Waals surface area contributed by atoms with Crippen LogP contribution in [0.5, 0.6) is 11.5 Å². The molecule has 0 unspecified atom stereocenters. The predicted octanol–water partition coefficient (Wildman–Crippen LogP) is 2.61. The van der Waals surface area contributed by atoms with Gasteiger partial charge in [-0.2, -0.15) is 5.10 Å². The highest BCUT2D eigenvalue weighted by atomic mass is 16.5. The molecule has 0 saturated heterocycles. The first-order chi connectivity index (χ1) is 13.0. The van der Waals surface area contributed by atoms with E-state index < -0.39 is 11.8 Å². The van der Waals surface area contributed by atoms with Crippen LogP contribution in [0.2, 0.25) is 0 Å². The number of ether oxygens (including phenoxy) is 1. The van der Waals surface area contributed by atoms with Crippen LogP contribution < -0.4 is 15.5 Å². The molecule has 0 aliphatic heterocycles. The van der Waals surface area contributed by atoms with E-state index in [0.717, 1.165) is 24.0 Å². The van der Waals surface area contributed by atoms with Crippen LogP contribution in [0.1, 0.15) is 30.5 Å². The average Bonchev–Trinajstić information content (AvgIpc) is 2.69. The third kappa shape index (κ3) is 5.07. The first-order valence-electron chi connectivity index (χ1n) is 8.62. The van der Waals surface area contributed by atoms with Crippen LogP contribution in [0.4, 0.5) is 5.69 Å². The third-order valence-corrected chi connectivity index (χ3v) is 4.03. The maximum absolute atomic E-state index is 12.2. The Labute approximate surface area is 158 Å². The predicted molar refractivity (Wildman–Crippen MR) is 104 cm³/mol. The number of phenolic OH excluding ortho intramolecular Hbond substituents is 1. The molecular formula is C20H23N3O4. The fraction of sp³-hybridized carbons (Fsp3) is 0.250. The number of aromatic hydroxyl groups is 1. The van der Waals surface area contributed by atoms with Crippen molar-refractivity contribution in [3.63, 3.8) is 0 Å². The van der Waals surface area contributed by atoms with E-state index in [-0.39, 0.29) is 11.5 Å². The molecule has 0 heterocycles. The number of aryl methyl sites for hydroxylation is 2. The summed E-state index contributed by atoms with van der Waals surface area (Å²) < 4.78 is 5.00. The zero-order chi connectivity index (χ0) is 19.8. The standard InChI is InChI=1S/C20H23N3O4/c1-4-14-7-6-8-15(5-2)18(14)22-19(25)20(26)23-21-12-13-9-10-16(24)17(11-13)27-3/h6-12,24H,4-5H2,1-3H3,(H,22,25)(H,23,26)/b21-12+. The van der Waals surface area contributed by atoms with E-state index in [1.54, 1.807) is 12.1 Å². The summed E-state index contributed by atoms with van der Waals surface area (Å²) in [6.07, 6.45) is 2.84. The summed E-state index contributed by atoms with van der Waals surface area (Å²) in [6.45, 7) is 3.97. The number of phenols is 1. The van der Waals surface area contributed by atoms with Crippen LogP contribution in [-0.2, 0) is 22.4 Å². The van der Waals surface area contributed by atoms with Crippen LogP contribution in [0, 0.1) is 0 Å². The van der Waals surface area contributed by atoms with E-state index in [9.17, 15) is 14.7 Å². The van der Waals surface area contributed by atoms with Crippen LogP contribution in [0.25, 0.3) is 0 Å². The fourth-order valence-corrected chi connectivity index (χ4v) is 2.56. The van der Waals surface area contributed by atoms with Crippen molar-refractivity contribution in [2.24, 2.45) is 5.10 Å². The van der Waals surface area contributed by atoms with Crippen molar-refractivity contribution in [1.29, 1.82) is 0 Å². The molecule has 0 radical (unpaired) electrons. The molecule has 0 fully saturated rings. The number of nitrogens with zero attached hydrogens (tertiary/aromatic N) is 1. The number of amides is 2. The van der Waals surface area contributed by atoms with Crippen LogP contribution >= 0.6 is 0 Å². The number of para-hydroxylation sites is 1. The number of rotatable bonds is 6. The van der Waals surface area contributed by atoms with E-state index in [4.69, 9.17) is 4.74 Å². The third-order valence-electron chi connectivity index (χ3n) is 4.03. The Kier molecular flexibility index (Phi) is 6.93. The van der Waals surface area contributed by atoms with Gasteiger partial charge >= 0.3 is 11.8 Å². The molecule has 2 aromatic rings. The Morgan fingerprint density at radius 3 is 2.37 bits per heavy atom. The van der Waals surface area contributed by atoms with Gasteiger partial charge in [-0.15, -0.1) is 0 Å². The highest BCUT2D eigenvalue weighted by Crippen LogP contribution is 2.25. The number of carbonyl (C=O) groups excluding carboxylic acids is 2. The average molecular weight is 369 g/mol. The van der Waals surface area contributed by atoms with Crippen LogP contribution in [0.3, 0.4) is 0 Å². The first kappa shape index (κ1) is 20.0. The van der Waals surface area contributed by atoms with Gasteiger partial charge < -0.3 is 15.2 Å². The van der Waals surface area contributed by atoms with E-state index in [1.165, 1.54) is 19.4 Å². The molecule has 0 atom stereocenters. The Morgan fingerprint density at radius 1 is 1.11 bits per heavy atom. The van der Waals surface area contributed by atoms with Gasteiger partial charge in [-0.25, -0.2) is 5.43 Å². The van der Waals surface area contributed by atoms with E-state index in [0.29, 0.717) is 11.3 Å². The van der Waals surface area contributed by atoms with Gasteiger partial charge in [0.1, 0.15) is 0 Å². The smallest absolute Gasteiger partial charge is 0.329 e. The molecule has 0 aromatic heterocycles. The number of hydrogen-bond donors (Lipinski definition) is 3. The number of hydrazone groups is 1. The molecule has 0 aliphatic rings. The van der Waals surface area contributed by atoms with Crippen molar-refractivity contribution < 1.29 is 19.4 Å². The van der Waals surface area contributed by atoms with Crippen LogP contribution in [-0.4, -0.2) is 30.2 Å². The van der Waals surface area contributed by atoms with Crippen molar-refractivity contribution >= 4 is 23.7 Å². The first-order valence-corrected chi connectivity index (χ1v) is 8.62. The maximum Gasteiger partial charge on any atom is 0.329 e. The van der Waals surface area contributed by atoms with E-state index in [2.05, 4.69) is 15.8 Å². The van der Waals surface area contributed by atoms with Gasteiger partial charge in [-0.05, 0) is 47.7 Å². The number of benzene rings is 2. The van der Waals surface area contributed by atoms with Crippen molar-refractivity contribution in [1.82, 2.24) is 5.43 Å². The number of hydrogen-bond acceptors (Lipinski definition) is 5. The molecule has 0 spiro atoms. The molecule has 0 aliphatic carbocycles. The highest BCUT2D eigenvalue weighted by Gasteiger charge is 2.16. The molecule has 2 amide bonds. The minimum atomic E-state index is -0.870. The Morgan fingerprint density at radius 2 is 1.78 bits per heavy atom. The monoisotopic (exact) mass is 369 g/mol. The molecular weight excluding hydrogens is 346 g/mol. The zero-order valence-corrected chi connectivity index (χ0v) is 15.6. The summed E-state index contributed by atoms with van der Waals surface area (Å²) in [5, 5.41) is 16.0. The van der Waals surface area contributed by atoms with Gasteiger partial charge in [-0.3, -0.25) is 9.59 Å². The van der Waals surface area contributed by atoms with Gasteiger partial charge in [0.05, 0.1) is 13.3 Å². The summed E-state index contributed by atoms with van der Waals surface area (Å²) in [6, 6.07) is 10.4. The lowest BCUT2D eigenvalue weighted by atomic mass is 10.0. The minimum absolute atomic E-state index is 0.000573. The van der Waals surface area contributed by atoms with Crippen molar-refractivity contribution in [2.45, 2.75) is 26.7 Å². The largest absolute Gasteiger partial charge is 0.504 e. The molecule has 3 N–H and O–H groups in total. The summed E-state index contributed by atoms with van der Waals surface area (Å²) in [7, 11) is 1.43. The zero-order valence-electron chi connectivity index (χ0n) is 15.6. The molecule has 0 saturated carbocycles. The molecule has 142 valence electrons. The summed E-state index contributed by atoms with van der Waals surface area (Å²) >= 11 is 0. The van der Waals surface area contributed by atoms with Crippen molar-refractivity contribution in [3.8, 4) is 11.5 Å². The lowest BCUT2D eigenvalue weighted by molar-refractivity contribution is -0.136. The quantitative estimate of drug-likeness (QED) is 0.414. The Bertz CT molecular complexity index is 840. The SMILES string of the molecule is CCc1cccc(CC)c1NC(=O)C(=O)N/N=C/c1ccc(O)c(OC)c1.